The van der Waals surface area contributed by atoms with Crippen molar-refractivity contribution in [3.63, 3.8) is 0 Å². The van der Waals surface area contributed by atoms with Crippen molar-refractivity contribution in [2.45, 2.75) is 23.3 Å². The highest BCUT2D eigenvalue weighted by molar-refractivity contribution is 8.01. The van der Waals surface area contributed by atoms with Crippen molar-refractivity contribution in [1.82, 2.24) is 9.59 Å². The number of aromatic nitrogens is 2. The van der Waals surface area contributed by atoms with Gasteiger partial charge in [0.25, 0.3) is 0 Å². The van der Waals surface area contributed by atoms with Crippen molar-refractivity contribution in [3.05, 3.63) is 28.2 Å². The van der Waals surface area contributed by atoms with Gasteiger partial charge in [0.2, 0.25) is 0 Å². The maximum Gasteiger partial charge on any atom is 0.121 e. The highest BCUT2D eigenvalue weighted by atomic mass is 35.5. The van der Waals surface area contributed by atoms with Crippen LogP contribution < -0.4 is 0 Å². The van der Waals surface area contributed by atoms with Crippen LogP contribution in [0.1, 0.15) is 13.8 Å². The molecule has 2 nitrogen and oxygen atoms in total. The van der Waals surface area contributed by atoms with Gasteiger partial charge in [-0.3, -0.25) is 0 Å². The van der Waals surface area contributed by atoms with E-state index in [2.05, 4.69) is 23.4 Å². The number of benzene rings is 1. The van der Waals surface area contributed by atoms with Gasteiger partial charge < -0.3 is 0 Å². The minimum Gasteiger partial charge on any atom is -0.137 e. The second kappa shape index (κ2) is 5.57. The van der Waals surface area contributed by atoms with Crippen LogP contribution in [0, 0.1) is 0 Å². The Morgan fingerprint density at radius 1 is 1.29 bits per heavy atom. The van der Waals surface area contributed by atoms with Crippen LogP contribution >= 0.6 is 46.5 Å². The normalized spacial score (nSPS) is 11.1. The van der Waals surface area contributed by atoms with Crippen LogP contribution in [-0.4, -0.2) is 14.8 Å². The van der Waals surface area contributed by atoms with Crippen LogP contribution in [0.3, 0.4) is 0 Å². The lowest BCUT2D eigenvalue weighted by Crippen LogP contribution is -1.87. The minimum atomic E-state index is 0.488. The fourth-order valence-electron chi connectivity index (χ4n) is 1.32. The highest BCUT2D eigenvalue weighted by Gasteiger charge is 2.15. The average molecular weight is 305 g/mol. The number of nitrogens with zero attached hydrogens (tertiary/aromatic N) is 2. The standard InChI is InChI=1S/C11H10Cl2N2S2/c1-6(2)16-11-10(14-15-17-11)8-4-3-7(12)5-9(8)13/h3-6H,1-2H3. The van der Waals surface area contributed by atoms with Gasteiger partial charge in [-0.1, -0.05) is 41.5 Å². The van der Waals surface area contributed by atoms with Gasteiger partial charge in [0, 0.05) is 15.8 Å². The molecular formula is C11H10Cl2N2S2. The Hall–Kier alpha value is -0.290. The van der Waals surface area contributed by atoms with Crippen molar-refractivity contribution in [2.75, 3.05) is 0 Å². The molecule has 0 saturated carbocycles. The highest BCUT2D eigenvalue weighted by Crippen LogP contribution is 2.38. The van der Waals surface area contributed by atoms with Gasteiger partial charge in [-0.05, 0) is 29.7 Å². The molecule has 2 aromatic rings. The summed E-state index contributed by atoms with van der Waals surface area (Å²) >= 11 is 15.2. The zero-order chi connectivity index (χ0) is 12.4. The van der Waals surface area contributed by atoms with Crippen LogP contribution in [0.2, 0.25) is 10.0 Å². The third-order valence-electron chi connectivity index (χ3n) is 1.99. The summed E-state index contributed by atoms with van der Waals surface area (Å²) in [7, 11) is 0. The Balaban J connectivity index is 2.42. The molecule has 1 aromatic carbocycles. The second-order valence-electron chi connectivity index (χ2n) is 3.70. The SMILES string of the molecule is CC(C)Sc1snnc1-c1ccc(Cl)cc1Cl. The van der Waals surface area contributed by atoms with E-state index in [0.717, 1.165) is 15.5 Å². The van der Waals surface area contributed by atoms with Crippen molar-refractivity contribution in [3.8, 4) is 11.3 Å². The summed E-state index contributed by atoms with van der Waals surface area (Å²) in [6, 6.07) is 5.42. The Morgan fingerprint density at radius 2 is 2.06 bits per heavy atom. The topological polar surface area (TPSA) is 25.8 Å². The molecule has 90 valence electrons. The molecule has 0 unspecified atom stereocenters. The zero-order valence-electron chi connectivity index (χ0n) is 9.28. The van der Waals surface area contributed by atoms with Crippen molar-refractivity contribution in [1.29, 1.82) is 0 Å². The molecule has 0 aliphatic carbocycles. The summed E-state index contributed by atoms with van der Waals surface area (Å²) in [5, 5.41) is 5.87. The molecule has 0 saturated heterocycles. The first-order valence-corrected chi connectivity index (χ1v) is 7.43. The van der Waals surface area contributed by atoms with Gasteiger partial charge in [0.05, 0.1) is 5.02 Å². The Labute approximate surface area is 119 Å². The molecule has 0 amide bonds. The smallest absolute Gasteiger partial charge is 0.121 e. The second-order valence-corrected chi connectivity index (χ2v) is 7.14. The molecule has 0 aliphatic rings. The molecule has 17 heavy (non-hydrogen) atoms. The van der Waals surface area contributed by atoms with Gasteiger partial charge in [0.15, 0.2) is 0 Å². The Morgan fingerprint density at radius 3 is 2.71 bits per heavy atom. The monoisotopic (exact) mass is 304 g/mol. The summed E-state index contributed by atoms with van der Waals surface area (Å²) < 4.78 is 5.08. The van der Waals surface area contributed by atoms with Crippen molar-refractivity contribution < 1.29 is 0 Å². The summed E-state index contributed by atoms with van der Waals surface area (Å²) in [4.78, 5) is 0. The lowest BCUT2D eigenvalue weighted by molar-refractivity contribution is 1.11. The van der Waals surface area contributed by atoms with E-state index in [9.17, 15) is 0 Å². The molecule has 0 bridgehead atoms. The minimum absolute atomic E-state index is 0.488. The van der Waals surface area contributed by atoms with Crippen molar-refractivity contribution >= 4 is 46.5 Å². The lowest BCUT2D eigenvalue weighted by Gasteiger charge is -2.05. The van der Waals surface area contributed by atoms with E-state index in [1.807, 2.05) is 12.1 Å². The van der Waals surface area contributed by atoms with Crippen LogP contribution in [0.4, 0.5) is 0 Å². The fourth-order valence-corrected chi connectivity index (χ4v) is 3.79. The van der Waals surface area contributed by atoms with Gasteiger partial charge >= 0.3 is 0 Å². The number of rotatable bonds is 3. The molecule has 0 fully saturated rings. The molecule has 0 aliphatic heterocycles. The Kier molecular flexibility index (Phi) is 4.31. The maximum atomic E-state index is 6.17. The van der Waals surface area contributed by atoms with Gasteiger partial charge in [0.1, 0.15) is 9.90 Å². The van der Waals surface area contributed by atoms with E-state index >= 15 is 0 Å². The van der Waals surface area contributed by atoms with Gasteiger partial charge in [-0.25, -0.2) is 0 Å². The van der Waals surface area contributed by atoms with Gasteiger partial charge in [-0.15, -0.1) is 16.9 Å². The van der Waals surface area contributed by atoms with Crippen LogP contribution in [0.15, 0.2) is 22.4 Å². The van der Waals surface area contributed by atoms with Crippen molar-refractivity contribution in [2.24, 2.45) is 0 Å². The molecule has 2 rings (SSSR count). The zero-order valence-corrected chi connectivity index (χ0v) is 12.4. The predicted octanol–water partition coefficient (Wildman–Crippen LogP) is 5.01. The molecule has 0 spiro atoms. The number of hydrogen-bond donors (Lipinski definition) is 0. The average Bonchev–Trinajstić information content (AvgIpc) is 2.65. The number of thioether (sulfide) groups is 1. The van der Waals surface area contributed by atoms with E-state index in [0.29, 0.717) is 15.3 Å². The van der Waals surface area contributed by atoms with E-state index in [1.54, 1.807) is 17.8 Å². The predicted molar refractivity (Wildman–Crippen MR) is 76.4 cm³/mol. The van der Waals surface area contributed by atoms with E-state index < -0.39 is 0 Å². The van der Waals surface area contributed by atoms with Crippen LogP contribution in [0.5, 0.6) is 0 Å². The third-order valence-corrected chi connectivity index (χ3v) is 4.45. The molecule has 1 heterocycles. The summed E-state index contributed by atoms with van der Waals surface area (Å²) in [5.41, 5.74) is 1.73. The van der Waals surface area contributed by atoms with Crippen LogP contribution in [-0.2, 0) is 0 Å². The summed E-state index contributed by atoms with van der Waals surface area (Å²) in [5.74, 6) is 0. The molecule has 1 aromatic heterocycles. The molecule has 0 atom stereocenters. The molecular weight excluding hydrogens is 295 g/mol. The van der Waals surface area contributed by atoms with Gasteiger partial charge in [-0.2, -0.15) is 0 Å². The molecule has 0 N–H and O–H groups in total. The first kappa shape index (κ1) is 13.1. The number of halogens is 2. The summed E-state index contributed by atoms with van der Waals surface area (Å²) in [6.07, 6.45) is 0. The van der Waals surface area contributed by atoms with E-state index in [1.165, 1.54) is 11.5 Å². The fraction of sp³-hybridized carbons (Fsp3) is 0.273. The maximum absolute atomic E-state index is 6.17. The Bertz CT molecular complexity index is 526. The van der Waals surface area contributed by atoms with E-state index in [4.69, 9.17) is 23.2 Å². The quantitative estimate of drug-likeness (QED) is 0.745. The van der Waals surface area contributed by atoms with E-state index in [-0.39, 0.29) is 0 Å². The first-order chi connectivity index (χ1) is 8.08. The number of hydrogen-bond acceptors (Lipinski definition) is 4. The summed E-state index contributed by atoms with van der Waals surface area (Å²) in [6.45, 7) is 4.27. The van der Waals surface area contributed by atoms with Crippen LogP contribution in [0.25, 0.3) is 11.3 Å². The molecule has 0 radical (unpaired) electrons. The molecule has 6 heteroatoms. The largest absolute Gasteiger partial charge is 0.137 e. The first-order valence-electron chi connectivity index (χ1n) is 5.02. The third kappa shape index (κ3) is 3.13. The lowest BCUT2D eigenvalue weighted by atomic mass is 10.2.